The van der Waals surface area contributed by atoms with Gasteiger partial charge in [-0.3, -0.25) is 4.79 Å². The Morgan fingerprint density at radius 2 is 1.54 bits per heavy atom. The van der Waals surface area contributed by atoms with Gasteiger partial charge in [-0.05, 0) is 45.4 Å². The molecule has 1 aromatic heterocycles. The Morgan fingerprint density at radius 3 is 2.14 bits per heavy atom. The van der Waals surface area contributed by atoms with Crippen LogP contribution in [0.1, 0.15) is 52.7 Å². The summed E-state index contributed by atoms with van der Waals surface area (Å²) in [4.78, 5) is 16.1. The van der Waals surface area contributed by atoms with Crippen LogP contribution >= 0.6 is 0 Å². The molecule has 3 nitrogen and oxygen atoms in total. The van der Waals surface area contributed by atoms with E-state index in [1.807, 2.05) is 78.9 Å². The topological polar surface area (TPSA) is 50.2 Å². The van der Waals surface area contributed by atoms with Crippen molar-refractivity contribution in [3.63, 3.8) is 0 Å². The van der Waals surface area contributed by atoms with Crippen LogP contribution in [0.2, 0.25) is 0 Å². The molecule has 1 radical (unpaired) electrons. The van der Waals surface area contributed by atoms with Crippen molar-refractivity contribution in [1.82, 2.24) is 4.98 Å². The molecule has 1 heterocycles. The van der Waals surface area contributed by atoms with Crippen LogP contribution in [0.3, 0.4) is 0 Å². The van der Waals surface area contributed by atoms with Crippen molar-refractivity contribution in [3.05, 3.63) is 89.6 Å². The number of pyridine rings is 1. The van der Waals surface area contributed by atoms with Gasteiger partial charge in [-0.1, -0.05) is 73.6 Å². The number of carbonyl (C=O) groups is 1. The molecule has 4 aromatic rings. The Bertz CT molecular complexity index is 1440. The molecule has 0 saturated carbocycles. The predicted octanol–water partition coefficient (Wildman–Crippen LogP) is 8.70. The second kappa shape index (κ2) is 11.7. The fourth-order valence-corrected chi connectivity index (χ4v) is 3.76. The molecule has 37 heavy (non-hydrogen) atoms. The molecule has 0 aliphatic carbocycles. The normalized spacial score (nSPS) is 12.1. The van der Waals surface area contributed by atoms with E-state index in [0.29, 0.717) is 0 Å². The Hall–Kier alpha value is -2.88. The van der Waals surface area contributed by atoms with Gasteiger partial charge in [0, 0.05) is 43.2 Å². The van der Waals surface area contributed by atoms with E-state index < -0.39 is 5.41 Å². The molecule has 0 saturated heterocycles. The third kappa shape index (κ3) is 7.56. The Labute approximate surface area is 233 Å². The quantitative estimate of drug-likeness (QED) is 0.100. The van der Waals surface area contributed by atoms with Crippen LogP contribution in [-0.2, 0) is 24.9 Å². The molecule has 0 bridgehead atoms. The number of benzene rings is 3. The summed E-state index contributed by atoms with van der Waals surface area (Å²) < 4.78 is 13.5. The zero-order chi connectivity index (χ0) is 26.8. The maximum atomic E-state index is 13.5. The zero-order valence-corrected chi connectivity index (χ0v) is 25.2. The van der Waals surface area contributed by atoms with Gasteiger partial charge in [-0.25, -0.2) is 4.39 Å². The fourth-order valence-electron chi connectivity index (χ4n) is 3.76. The van der Waals surface area contributed by atoms with Crippen LogP contribution in [0, 0.1) is 36.6 Å². The average Bonchev–Trinajstić information content (AvgIpc) is 2.76. The number of hydrogen-bond acceptors (Lipinski definition) is 3. The Balaban J connectivity index is 0.000000299. The van der Waals surface area contributed by atoms with Gasteiger partial charge >= 0.3 is 0 Å². The summed E-state index contributed by atoms with van der Waals surface area (Å²) in [6, 6.07) is 18.5. The molecule has 5 heteroatoms. The molecule has 0 spiro atoms. The van der Waals surface area contributed by atoms with Gasteiger partial charge in [0.1, 0.15) is 11.6 Å². The molecule has 4 rings (SSSR count). The number of aliphatic hydroxyl groups is 1. The Kier molecular flexibility index (Phi) is 9.57. The van der Waals surface area contributed by atoms with E-state index in [1.165, 1.54) is 17.7 Å². The van der Waals surface area contributed by atoms with Crippen molar-refractivity contribution < 1.29 is 34.4 Å². The van der Waals surface area contributed by atoms with Gasteiger partial charge in [0.25, 0.3) is 0 Å². The summed E-state index contributed by atoms with van der Waals surface area (Å²) in [5.74, 6) is -0.110. The first-order chi connectivity index (χ1) is 16.7. The number of allylic oxidation sites excluding steroid dienone is 2. The monoisotopic (exact) mass is 677 g/mol. The summed E-state index contributed by atoms with van der Waals surface area (Å²) in [6.45, 7) is 15.2. The van der Waals surface area contributed by atoms with Crippen molar-refractivity contribution in [1.29, 1.82) is 0 Å². The minimum Gasteiger partial charge on any atom is -0.512 e. The number of halogens is 1. The van der Waals surface area contributed by atoms with E-state index >= 15 is 0 Å². The first-order valence-corrected chi connectivity index (χ1v) is 12.1. The van der Waals surface area contributed by atoms with Crippen molar-refractivity contribution in [3.8, 4) is 11.3 Å². The number of aliphatic hydroxyl groups excluding tert-OH is 1. The second-order valence-corrected chi connectivity index (χ2v) is 11.3. The second-order valence-electron chi connectivity index (χ2n) is 11.3. The molecule has 0 aliphatic heterocycles. The van der Waals surface area contributed by atoms with E-state index in [1.54, 1.807) is 6.07 Å². The van der Waals surface area contributed by atoms with E-state index in [0.717, 1.165) is 38.4 Å². The fraction of sp³-hybridized carbons (Fsp3) is 0.312. The maximum absolute atomic E-state index is 13.5. The largest absolute Gasteiger partial charge is 0.512 e. The van der Waals surface area contributed by atoms with Gasteiger partial charge in [-0.2, -0.15) is 0 Å². The summed E-state index contributed by atoms with van der Waals surface area (Å²) in [5, 5.41) is 13.6. The number of hydrogen-bond donors (Lipinski definition) is 1. The Morgan fingerprint density at radius 1 is 0.892 bits per heavy atom. The summed E-state index contributed by atoms with van der Waals surface area (Å²) >= 11 is 0. The van der Waals surface area contributed by atoms with Crippen molar-refractivity contribution in [2.75, 3.05) is 0 Å². The van der Waals surface area contributed by atoms with Gasteiger partial charge < -0.3 is 10.1 Å². The molecule has 0 fully saturated rings. The number of fused-ring (bicyclic) bond motifs is 3. The van der Waals surface area contributed by atoms with Crippen molar-refractivity contribution >= 4 is 27.3 Å². The zero-order valence-electron chi connectivity index (χ0n) is 22.8. The summed E-state index contributed by atoms with van der Waals surface area (Å²) in [7, 11) is 0. The molecule has 1 N–H and O–H groups in total. The standard InChI is InChI=1S/C21H15FN.C11H20O2.Ir/c1-13-9-14(2)11-16(10-13)21-20-5-3-15-12-17(22)4-6-18(15)19(20)7-8-23-21;1-10(2,3)8(12)7-9(13)11(4,5)6;/h3-10,12H,1-2H3;7,12H,1-6H3;/q-1;;. The molecule has 0 aliphatic rings. The first-order valence-electron chi connectivity index (χ1n) is 12.1. The van der Waals surface area contributed by atoms with E-state index in [9.17, 15) is 14.3 Å². The van der Waals surface area contributed by atoms with Crippen molar-refractivity contribution in [2.45, 2.75) is 55.4 Å². The first kappa shape index (κ1) is 30.3. The van der Waals surface area contributed by atoms with Gasteiger partial charge in [0.15, 0.2) is 5.78 Å². The summed E-state index contributed by atoms with van der Waals surface area (Å²) in [6.07, 6.45) is 3.14. The summed E-state index contributed by atoms with van der Waals surface area (Å²) in [5.41, 5.74) is 3.44. The smallest absolute Gasteiger partial charge is 0.164 e. The SMILES string of the molecule is CC(C)(C)C(=O)C=C(O)C(C)(C)C.Cc1[c-]c(-c2nccc3c2ccc2cc(F)ccc23)cc(C)c1.[Ir]. The van der Waals surface area contributed by atoms with Crippen LogP contribution in [0.4, 0.5) is 4.39 Å². The van der Waals surface area contributed by atoms with Crippen LogP contribution in [0.15, 0.2) is 66.6 Å². The predicted molar refractivity (Wildman–Crippen MR) is 148 cm³/mol. The van der Waals surface area contributed by atoms with Crippen LogP contribution in [0.5, 0.6) is 0 Å². The molecular formula is C32H35FIrNO2-. The molecule has 0 amide bonds. The third-order valence-corrected chi connectivity index (χ3v) is 5.90. The minimum atomic E-state index is -0.417. The van der Waals surface area contributed by atoms with E-state index in [4.69, 9.17) is 0 Å². The number of carbonyl (C=O) groups excluding carboxylic acids is 1. The third-order valence-electron chi connectivity index (χ3n) is 5.90. The molecule has 0 unspecified atom stereocenters. The van der Waals surface area contributed by atoms with Gasteiger partial charge in [-0.15, -0.1) is 34.9 Å². The van der Waals surface area contributed by atoms with Crippen molar-refractivity contribution in [2.24, 2.45) is 10.8 Å². The minimum absolute atomic E-state index is 0. The molecule has 197 valence electrons. The number of nitrogens with zero attached hydrogens (tertiary/aromatic N) is 1. The van der Waals surface area contributed by atoms with Crippen LogP contribution in [-0.4, -0.2) is 15.9 Å². The van der Waals surface area contributed by atoms with Crippen LogP contribution in [0.25, 0.3) is 32.8 Å². The van der Waals surface area contributed by atoms with Crippen LogP contribution < -0.4 is 0 Å². The molecule has 0 atom stereocenters. The molecular weight excluding hydrogens is 642 g/mol. The number of ketones is 1. The average molecular weight is 677 g/mol. The number of aromatic nitrogens is 1. The molecule has 3 aromatic carbocycles. The van der Waals surface area contributed by atoms with E-state index in [-0.39, 0.29) is 42.9 Å². The number of aryl methyl sites for hydroxylation is 2. The maximum Gasteiger partial charge on any atom is 0.164 e. The van der Waals surface area contributed by atoms with Gasteiger partial charge in [0.2, 0.25) is 0 Å². The number of rotatable bonds is 2. The van der Waals surface area contributed by atoms with Gasteiger partial charge in [0.05, 0.1) is 0 Å². The van der Waals surface area contributed by atoms with E-state index in [2.05, 4.69) is 30.1 Å².